The third-order valence-corrected chi connectivity index (χ3v) is 2.72. The number of methoxy groups -OCH3 is 1. The number of hydrogen-bond acceptors (Lipinski definition) is 2. The molecule has 0 spiro atoms. The van der Waals surface area contributed by atoms with Crippen LogP contribution in [0.15, 0.2) is 24.3 Å². The van der Waals surface area contributed by atoms with Gasteiger partial charge in [0.25, 0.3) is 0 Å². The fraction of sp³-hybridized carbons (Fsp3) is 0.500. The summed E-state index contributed by atoms with van der Waals surface area (Å²) in [5.41, 5.74) is 1.26. The first-order chi connectivity index (χ1) is 6.79. The highest BCUT2D eigenvalue weighted by atomic mass is 16.5. The monoisotopic (exact) mass is 192 g/mol. The van der Waals surface area contributed by atoms with Crippen molar-refractivity contribution in [2.24, 2.45) is 0 Å². The van der Waals surface area contributed by atoms with E-state index in [4.69, 9.17) is 9.47 Å². The largest absolute Gasteiger partial charge is 0.497 e. The SMILES string of the molecule is COc1ccc([C@H]2CC[C@@H](C)O2)cc1. The van der Waals surface area contributed by atoms with Crippen LogP contribution in [0.4, 0.5) is 0 Å². The van der Waals surface area contributed by atoms with Gasteiger partial charge in [0.15, 0.2) is 0 Å². The summed E-state index contributed by atoms with van der Waals surface area (Å²) in [4.78, 5) is 0. The van der Waals surface area contributed by atoms with Crippen LogP contribution in [0.3, 0.4) is 0 Å². The molecule has 2 rings (SSSR count). The van der Waals surface area contributed by atoms with E-state index in [1.54, 1.807) is 7.11 Å². The summed E-state index contributed by atoms with van der Waals surface area (Å²) in [5, 5.41) is 0. The van der Waals surface area contributed by atoms with Crippen LogP contribution in [0, 0.1) is 0 Å². The Labute approximate surface area is 84.8 Å². The van der Waals surface area contributed by atoms with Crippen molar-refractivity contribution in [3.8, 4) is 5.75 Å². The van der Waals surface area contributed by atoms with Crippen molar-refractivity contribution in [1.29, 1.82) is 0 Å². The fourth-order valence-electron chi connectivity index (χ4n) is 1.87. The van der Waals surface area contributed by atoms with Gasteiger partial charge in [-0.15, -0.1) is 0 Å². The molecule has 2 heteroatoms. The topological polar surface area (TPSA) is 18.5 Å². The van der Waals surface area contributed by atoms with E-state index < -0.39 is 0 Å². The minimum atomic E-state index is 0.288. The second kappa shape index (κ2) is 4.01. The maximum atomic E-state index is 5.78. The van der Waals surface area contributed by atoms with Gasteiger partial charge in [-0.1, -0.05) is 12.1 Å². The van der Waals surface area contributed by atoms with Crippen LogP contribution in [-0.2, 0) is 4.74 Å². The maximum absolute atomic E-state index is 5.78. The van der Waals surface area contributed by atoms with Crippen molar-refractivity contribution >= 4 is 0 Å². The Morgan fingerprint density at radius 3 is 2.43 bits per heavy atom. The summed E-state index contributed by atoms with van der Waals surface area (Å²) in [6.45, 7) is 2.13. The molecule has 1 saturated heterocycles. The molecule has 0 saturated carbocycles. The van der Waals surface area contributed by atoms with Crippen LogP contribution < -0.4 is 4.74 Å². The number of rotatable bonds is 2. The van der Waals surface area contributed by atoms with Crippen molar-refractivity contribution in [1.82, 2.24) is 0 Å². The van der Waals surface area contributed by atoms with E-state index in [9.17, 15) is 0 Å². The number of hydrogen-bond donors (Lipinski definition) is 0. The molecule has 1 heterocycles. The van der Waals surface area contributed by atoms with Crippen molar-refractivity contribution in [2.75, 3.05) is 7.11 Å². The minimum Gasteiger partial charge on any atom is -0.497 e. The summed E-state index contributed by atoms with van der Waals surface area (Å²) in [5.74, 6) is 0.903. The van der Waals surface area contributed by atoms with Gasteiger partial charge in [0.1, 0.15) is 5.75 Å². The molecule has 2 nitrogen and oxygen atoms in total. The van der Waals surface area contributed by atoms with Gasteiger partial charge in [0, 0.05) is 0 Å². The quantitative estimate of drug-likeness (QED) is 0.717. The van der Waals surface area contributed by atoms with E-state index in [0.717, 1.165) is 18.6 Å². The molecule has 1 aliphatic heterocycles. The van der Waals surface area contributed by atoms with Crippen LogP contribution in [0.1, 0.15) is 31.4 Å². The van der Waals surface area contributed by atoms with E-state index in [1.165, 1.54) is 5.56 Å². The number of benzene rings is 1. The predicted octanol–water partition coefficient (Wildman–Crippen LogP) is 2.94. The Bertz CT molecular complexity index is 292. The molecule has 1 aliphatic rings. The fourth-order valence-corrected chi connectivity index (χ4v) is 1.87. The smallest absolute Gasteiger partial charge is 0.118 e. The molecule has 0 aliphatic carbocycles. The van der Waals surface area contributed by atoms with Crippen LogP contribution in [0.5, 0.6) is 5.75 Å². The lowest BCUT2D eigenvalue weighted by Crippen LogP contribution is -2.00. The van der Waals surface area contributed by atoms with Gasteiger partial charge in [-0.3, -0.25) is 0 Å². The third kappa shape index (κ3) is 1.90. The normalized spacial score (nSPS) is 26.4. The molecule has 14 heavy (non-hydrogen) atoms. The Morgan fingerprint density at radius 1 is 1.21 bits per heavy atom. The molecule has 0 bridgehead atoms. The maximum Gasteiger partial charge on any atom is 0.118 e. The standard InChI is InChI=1S/C12H16O2/c1-9-3-8-12(14-9)10-4-6-11(13-2)7-5-10/h4-7,9,12H,3,8H2,1-2H3/t9-,12-/m1/s1. The Kier molecular flexibility index (Phi) is 2.73. The molecule has 0 aromatic heterocycles. The first-order valence-electron chi connectivity index (χ1n) is 5.09. The highest BCUT2D eigenvalue weighted by Gasteiger charge is 2.22. The van der Waals surface area contributed by atoms with Crippen LogP contribution >= 0.6 is 0 Å². The van der Waals surface area contributed by atoms with Crippen molar-refractivity contribution in [2.45, 2.75) is 32.0 Å². The molecule has 1 aromatic carbocycles. The van der Waals surface area contributed by atoms with Crippen molar-refractivity contribution in [3.63, 3.8) is 0 Å². The molecular formula is C12H16O2. The highest BCUT2D eigenvalue weighted by molar-refractivity contribution is 5.28. The van der Waals surface area contributed by atoms with Gasteiger partial charge in [-0.05, 0) is 37.5 Å². The zero-order valence-corrected chi connectivity index (χ0v) is 8.69. The third-order valence-electron chi connectivity index (χ3n) is 2.72. The van der Waals surface area contributed by atoms with E-state index in [-0.39, 0.29) is 6.10 Å². The molecule has 1 aromatic rings. The van der Waals surface area contributed by atoms with E-state index in [2.05, 4.69) is 19.1 Å². The minimum absolute atomic E-state index is 0.288. The molecule has 0 unspecified atom stereocenters. The Balaban J connectivity index is 2.09. The lowest BCUT2D eigenvalue weighted by Gasteiger charge is -2.11. The second-order valence-corrected chi connectivity index (χ2v) is 3.79. The van der Waals surface area contributed by atoms with E-state index in [1.807, 2.05) is 12.1 Å². The van der Waals surface area contributed by atoms with Gasteiger partial charge < -0.3 is 9.47 Å². The molecule has 76 valence electrons. The van der Waals surface area contributed by atoms with Crippen LogP contribution in [0.25, 0.3) is 0 Å². The highest BCUT2D eigenvalue weighted by Crippen LogP contribution is 2.32. The first-order valence-corrected chi connectivity index (χ1v) is 5.09. The molecule has 0 amide bonds. The predicted molar refractivity (Wildman–Crippen MR) is 55.5 cm³/mol. The van der Waals surface area contributed by atoms with E-state index in [0.29, 0.717) is 6.10 Å². The van der Waals surface area contributed by atoms with Gasteiger partial charge in [-0.25, -0.2) is 0 Å². The van der Waals surface area contributed by atoms with Gasteiger partial charge >= 0.3 is 0 Å². The average molecular weight is 192 g/mol. The Morgan fingerprint density at radius 2 is 1.93 bits per heavy atom. The zero-order valence-electron chi connectivity index (χ0n) is 8.69. The number of ether oxygens (including phenoxy) is 2. The zero-order chi connectivity index (χ0) is 9.97. The average Bonchev–Trinajstić information content (AvgIpc) is 2.65. The lowest BCUT2D eigenvalue weighted by molar-refractivity contribution is 0.0555. The van der Waals surface area contributed by atoms with Crippen molar-refractivity contribution < 1.29 is 9.47 Å². The Hall–Kier alpha value is -1.02. The van der Waals surface area contributed by atoms with Gasteiger partial charge in [0.05, 0.1) is 19.3 Å². The first kappa shape index (κ1) is 9.53. The molecule has 2 atom stereocenters. The second-order valence-electron chi connectivity index (χ2n) is 3.79. The van der Waals surface area contributed by atoms with Crippen molar-refractivity contribution in [3.05, 3.63) is 29.8 Å². The summed E-state index contributed by atoms with van der Waals surface area (Å²) in [7, 11) is 1.68. The molecule has 0 radical (unpaired) electrons. The summed E-state index contributed by atoms with van der Waals surface area (Å²) >= 11 is 0. The van der Waals surface area contributed by atoms with Crippen LogP contribution in [-0.4, -0.2) is 13.2 Å². The van der Waals surface area contributed by atoms with Crippen LogP contribution in [0.2, 0.25) is 0 Å². The molecule has 0 N–H and O–H groups in total. The lowest BCUT2D eigenvalue weighted by atomic mass is 10.1. The molecular weight excluding hydrogens is 176 g/mol. The van der Waals surface area contributed by atoms with Gasteiger partial charge in [-0.2, -0.15) is 0 Å². The summed E-state index contributed by atoms with van der Waals surface area (Å²) in [6.07, 6.45) is 2.99. The molecule has 1 fully saturated rings. The van der Waals surface area contributed by atoms with Gasteiger partial charge in [0.2, 0.25) is 0 Å². The summed E-state index contributed by atoms with van der Waals surface area (Å²) < 4.78 is 10.9. The summed E-state index contributed by atoms with van der Waals surface area (Å²) in [6, 6.07) is 8.15. The van der Waals surface area contributed by atoms with E-state index >= 15 is 0 Å².